The Labute approximate surface area is 74.6 Å². The Morgan fingerprint density at radius 1 is 1.42 bits per heavy atom. The van der Waals surface area contributed by atoms with Crippen LogP contribution in [-0.4, -0.2) is 12.3 Å². The Bertz CT molecular complexity index is 193. The van der Waals surface area contributed by atoms with Gasteiger partial charge in [0.1, 0.15) is 0 Å². The summed E-state index contributed by atoms with van der Waals surface area (Å²) in [5.74, 6) is 1.60. The SMILES string of the molecule is CCO[P+](=O)[C@@H]1C[C@H]2CC[C@H]1C2. The molecule has 3 heteroatoms. The van der Waals surface area contributed by atoms with Gasteiger partial charge in [-0.05, 0) is 36.7 Å². The molecule has 2 aliphatic rings. The van der Waals surface area contributed by atoms with Crippen LogP contribution in [0.15, 0.2) is 0 Å². The molecule has 12 heavy (non-hydrogen) atoms. The average Bonchev–Trinajstić information content (AvgIpc) is 2.64. The minimum atomic E-state index is -1.35. The summed E-state index contributed by atoms with van der Waals surface area (Å²) >= 11 is 0. The van der Waals surface area contributed by atoms with Crippen LogP contribution in [0, 0.1) is 11.8 Å². The van der Waals surface area contributed by atoms with Gasteiger partial charge in [-0.25, -0.2) is 0 Å². The van der Waals surface area contributed by atoms with Gasteiger partial charge in [0.25, 0.3) is 0 Å². The van der Waals surface area contributed by atoms with Crippen molar-refractivity contribution in [3.05, 3.63) is 0 Å². The second-order valence-electron chi connectivity index (χ2n) is 3.95. The first-order chi connectivity index (χ1) is 5.81. The molecular weight excluding hydrogens is 171 g/mol. The van der Waals surface area contributed by atoms with Crippen LogP contribution in [0.5, 0.6) is 0 Å². The highest BCUT2D eigenvalue weighted by molar-refractivity contribution is 7.40. The number of fused-ring (bicyclic) bond motifs is 2. The number of rotatable bonds is 3. The van der Waals surface area contributed by atoms with Crippen LogP contribution >= 0.6 is 8.03 Å². The van der Waals surface area contributed by atoms with Gasteiger partial charge >= 0.3 is 8.03 Å². The van der Waals surface area contributed by atoms with Crippen LogP contribution in [0.25, 0.3) is 0 Å². The first-order valence-corrected chi connectivity index (χ1v) is 6.15. The molecule has 0 heterocycles. The lowest BCUT2D eigenvalue weighted by Gasteiger charge is -2.10. The fourth-order valence-electron chi connectivity index (χ4n) is 2.69. The first kappa shape index (κ1) is 8.65. The van der Waals surface area contributed by atoms with Crippen LogP contribution in [-0.2, 0) is 9.09 Å². The smallest absolute Gasteiger partial charge is 0.146 e. The van der Waals surface area contributed by atoms with Crippen molar-refractivity contribution < 1.29 is 9.09 Å². The molecule has 2 bridgehead atoms. The lowest BCUT2D eigenvalue weighted by Crippen LogP contribution is -2.12. The van der Waals surface area contributed by atoms with Gasteiger partial charge in [-0.15, -0.1) is 4.52 Å². The second-order valence-corrected chi connectivity index (χ2v) is 5.44. The fourth-order valence-corrected chi connectivity index (χ4v) is 4.22. The Morgan fingerprint density at radius 3 is 2.75 bits per heavy atom. The van der Waals surface area contributed by atoms with E-state index in [1.807, 2.05) is 6.92 Å². The fraction of sp³-hybridized carbons (Fsp3) is 1.00. The van der Waals surface area contributed by atoms with E-state index in [0.717, 1.165) is 11.8 Å². The van der Waals surface area contributed by atoms with Crippen LogP contribution in [0.2, 0.25) is 0 Å². The van der Waals surface area contributed by atoms with E-state index in [-0.39, 0.29) is 0 Å². The Kier molecular flexibility index (Phi) is 2.47. The summed E-state index contributed by atoms with van der Waals surface area (Å²) in [5, 5.41) is 0. The molecule has 0 amide bonds. The summed E-state index contributed by atoms with van der Waals surface area (Å²) in [6, 6.07) is 0. The topological polar surface area (TPSA) is 26.3 Å². The zero-order chi connectivity index (χ0) is 8.55. The summed E-state index contributed by atoms with van der Waals surface area (Å²) in [4.78, 5) is 0. The predicted octanol–water partition coefficient (Wildman–Crippen LogP) is 2.95. The minimum Gasteiger partial charge on any atom is -0.146 e. The van der Waals surface area contributed by atoms with Gasteiger partial charge < -0.3 is 0 Å². The summed E-state index contributed by atoms with van der Waals surface area (Å²) in [6.45, 7) is 2.52. The third-order valence-corrected chi connectivity index (χ3v) is 4.91. The molecular formula is C9H16O2P+. The molecule has 4 atom stereocenters. The molecule has 68 valence electrons. The van der Waals surface area contributed by atoms with Crippen molar-refractivity contribution in [3.8, 4) is 0 Å². The van der Waals surface area contributed by atoms with Crippen molar-refractivity contribution in [3.63, 3.8) is 0 Å². The van der Waals surface area contributed by atoms with Gasteiger partial charge in [0.2, 0.25) is 0 Å². The maximum absolute atomic E-state index is 11.6. The molecule has 0 radical (unpaired) electrons. The van der Waals surface area contributed by atoms with Gasteiger partial charge in [-0.2, -0.15) is 0 Å². The van der Waals surface area contributed by atoms with E-state index in [1.165, 1.54) is 25.7 Å². The van der Waals surface area contributed by atoms with Gasteiger partial charge in [0, 0.05) is 12.3 Å². The van der Waals surface area contributed by atoms with E-state index < -0.39 is 8.03 Å². The quantitative estimate of drug-likeness (QED) is 0.635. The van der Waals surface area contributed by atoms with E-state index in [9.17, 15) is 4.57 Å². The van der Waals surface area contributed by atoms with Crippen molar-refractivity contribution in [2.24, 2.45) is 11.8 Å². The summed E-state index contributed by atoms with van der Waals surface area (Å²) in [5.41, 5.74) is 0.402. The van der Waals surface area contributed by atoms with Crippen LogP contribution in [0.1, 0.15) is 32.6 Å². The molecule has 2 nitrogen and oxygen atoms in total. The number of hydrogen-bond donors (Lipinski definition) is 0. The zero-order valence-corrected chi connectivity index (χ0v) is 8.43. The molecule has 0 saturated heterocycles. The molecule has 0 aliphatic heterocycles. The molecule has 0 spiro atoms. The molecule has 0 N–H and O–H groups in total. The van der Waals surface area contributed by atoms with E-state index in [0.29, 0.717) is 12.3 Å². The Hall–Kier alpha value is 0.0600. The lowest BCUT2D eigenvalue weighted by atomic mass is 10.0. The highest BCUT2D eigenvalue weighted by atomic mass is 31.1. The normalized spacial score (nSPS) is 40.4. The van der Waals surface area contributed by atoms with Crippen molar-refractivity contribution in [2.45, 2.75) is 38.3 Å². The van der Waals surface area contributed by atoms with Gasteiger partial charge in [0.05, 0.1) is 6.61 Å². The van der Waals surface area contributed by atoms with Gasteiger partial charge in [0.15, 0.2) is 5.66 Å². The van der Waals surface area contributed by atoms with Crippen molar-refractivity contribution in [2.75, 3.05) is 6.61 Å². The van der Waals surface area contributed by atoms with Crippen LogP contribution in [0.3, 0.4) is 0 Å². The number of hydrogen-bond acceptors (Lipinski definition) is 2. The van der Waals surface area contributed by atoms with Crippen LogP contribution < -0.4 is 0 Å². The maximum atomic E-state index is 11.6. The molecule has 2 aliphatic carbocycles. The molecule has 2 saturated carbocycles. The Balaban J connectivity index is 1.93. The Morgan fingerprint density at radius 2 is 2.25 bits per heavy atom. The van der Waals surface area contributed by atoms with E-state index in [4.69, 9.17) is 4.52 Å². The molecule has 1 unspecified atom stereocenters. The van der Waals surface area contributed by atoms with E-state index in [2.05, 4.69) is 0 Å². The van der Waals surface area contributed by atoms with Crippen molar-refractivity contribution in [1.82, 2.24) is 0 Å². The largest absolute Gasteiger partial charge is 0.511 e. The molecule has 0 aromatic carbocycles. The highest BCUT2D eigenvalue weighted by Gasteiger charge is 2.50. The van der Waals surface area contributed by atoms with Gasteiger partial charge in [-0.3, -0.25) is 0 Å². The standard InChI is InChI=1S/C9H16O2P/c1-2-11-12(10)9-6-7-3-4-8(9)5-7/h7-9H,2-6H2,1H3/q+1/t7-,8-,9+/m0/s1. The molecule has 2 fully saturated rings. The van der Waals surface area contributed by atoms with Crippen molar-refractivity contribution >= 4 is 8.03 Å². The maximum Gasteiger partial charge on any atom is 0.511 e. The average molecular weight is 187 g/mol. The van der Waals surface area contributed by atoms with Gasteiger partial charge in [-0.1, -0.05) is 0 Å². The lowest BCUT2D eigenvalue weighted by molar-refractivity contribution is 0.329. The molecule has 0 aromatic rings. The molecule has 2 rings (SSSR count). The third-order valence-electron chi connectivity index (χ3n) is 3.23. The summed E-state index contributed by atoms with van der Waals surface area (Å²) < 4.78 is 16.7. The van der Waals surface area contributed by atoms with E-state index in [1.54, 1.807) is 0 Å². The van der Waals surface area contributed by atoms with Crippen LogP contribution in [0.4, 0.5) is 0 Å². The van der Waals surface area contributed by atoms with Crippen molar-refractivity contribution in [1.29, 1.82) is 0 Å². The zero-order valence-electron chi connectivity index (χ0n) is 7.53. The molecule has 0 aromatic heterocycles. The monoisotopic (exact) mass is 187 g/mol. The highest BCUT2D eigenvalue weighted by Crippen LogP contribution is 2.54. The third kappa shape index (κ3) is 1.43. The van der Waals surface area contributed by atoms with E-state index >= 15 is 0 Å². The minimum absolute atomic E-state index is 0.402. The second kappa shape index (κ2) is 3.43. The predicted molar refractivity (Wildman–Crippen MR) is 48.5 cm³/mol. The summed E-state index contributed by atoms with van der Waals surface area (Å²) in [7, 11) is -1.35. The first-order valence-electron chi connectivity index (χ1n) is 4.90. The summed E-state index contributed by atoms with van der Waals surface area (Å²) in [6.07, 6.45) is 5.15.